The zero-order valence-corrected chi connectivity index (χ0v) is 13.9. The summed E-state index contributed by atoms with van der Waals surface area (Å²) in [5.74, 6) is 0.987. The molecule has 5 heteroatoms. The van der Waals surface area contributed by atoms with E-state index in [0.29, 0.717) is 17.1 Å². The summed E-state index contributed by atoms with van der Waals surface area (Å²) in [5, 5.41) is 2.81. The molecule has 0 aliphatic heterocycles. The predicted molar refractivity (Wildman–Crippen MR) is 95.3 cm³/mol. The fraction of sp³-hybridized carbons (Fsp3) is 0.150. The Kier molecular flexibility index (Phi) is 5.04. The molecule has 0 saturated carbocycles. The van der Waals surface area contributed by atoms with Crippen molar-refractivity contribution in [1.82, 2.24) is 4.98 Å². The maximum absolute atomic E-state index is 12.1. The van der Waals surface area contributed by atoms with Gasteiger partial charge in [-0.1, -0.05) is 36.4 Å². The molecule has 0 aliphatic rings. The first-order chi connectivity index (χ1) is 12.1. The van der Waals surface area contributed by atoms with E-state index >= 15 is 0 Å². The number of amides is 1. The van der Waals surface area contributed by atoms with E-state index in [9.17, 15) is 9.59 Å². The van der Waals surface area contributed by atoms with Gasteiger partial charge in [0.2, 0.25) is 11.8 Å². The molecule has 1 heterocycles. The average molecular weight is 334 g/mol. The number of nitrogens with zero attached hydrogens (tertiary/aromatic N) is 1. The predicted octanol–water partition coefficient (Wildman–Crippen LogP) is 4.25. The minimum atomic E-state index is -0.204. The van der Waals surface area contributed by atoms with Crippen molar-refractivity contribution in [2.45, 2.75) is 19.8 Å². The largest absolute Gasteiger partial charge is 0.441 e. The standard InChI is InChI=1S/C20H18N2O3/c1-14-13-21-20(25-14)16-8-5-9-17(12-16)22-19(24)11-10-18(23)15-6-3-2-4-7-15/h2-9,12-13H,10-11H2,1H3,(H,22,24). The van der Waals surface area contributed by atoms with Gasteiger partial charge in [0.15, 0.2) is 5.78 Å². The first-order valence-electron chi connectivity index (χ1n) is 8.03. The molecule has 0 fully saturated rings. The van der Waals surface area contributed by atoms with Crippen LogP contribution in [0.5, 0.6) is 0 Å². The molecule has 1 amide bonds. The van der Waals surface area contributed by atoms with Gasteiger partial charge in [0.25, 0.3) is 0 Å². The van der Waals surface area contributed by atoms with Crippen molar-refractivity contribution in [1.29, 1.82) is 0 Å². The summed E-state index contributed by atoms with van der Waals surface area (Å²) in [6, 6.07) is 16.2. The second-order valence-corrected chi connectivity index (χ2v) is 5.69. The number of oxazole rings is 1. The second kappa shape index (κ2) is 7.57. The number of carbonyl (C=O) groups is 2. The minimum Gasteiger partial charge on any atom is -0.441 e. The first-order valence-corrected chi connectivity index (χ1v) is 8.03. The normalized spacial score (nSPS) is 10.4. The molecule has 0 saturated heterocycles. The van der Waals surface area contributed by atoms with Gasteiger partial charge >= 0.3 is 0 Å². The van der Waals surface area contributed by atoms with Crippen LogP contribution in [-0.2, 0) is 4.79 Å². The topological polar surface area (TPSA) is 72.2 Å². The lowest BCUT2D eigenvalue weighted by Crippen LogP contribution is -2.13. The molecule has 0 unspecified atom stereocenters. The van der Waals surface area contributed by atoms with Crippen molar-refractivity contribution in [3.8, 4) is 11.5 Å². The Morgan fingerprint density at radius 3 is 2.56 bits per heavy atom. The molecule has 0 radical (unpaired) electrons. The van der Waals surface area contributed by atoms with Crippen LogP contribution in [0.2, 0.25) is 0 Å². The molecule has 0 atom stereocenters. The second-order valence-electron chi connectivity index (χ2n) is 5.69. The van der Waals surface area contributed by atoms with Gasteiger partial charge in [-0.3, -0.25) is 9.59 Å². The van der Waals surface area contributed by atoms with E-state index in [4.69, 9.17) is 4.42 Å². The highest BCUT2D eigenvalue weighted by atomic mass is 16.4. The Hall–Kier alpha value is -3.21. The van der Waals surface area contributed by atoms with Crippen LogP contribution in [-0.4, -0.2) is 16.7 Å². The van der Waals surface area contributed by atoms with Crippen molar-refractivity contribution in [3.63, 3.8) is 0 Å². The maximum Gasteiger partial charge on any atom is 0.226 e. The van der Waals surface area contributed by atoms with E-state index < -0.39 is 0 Å². The van der Waals surface area contributed by atoms with Gasteiger partial charge < -0.3 is 9.73 Å². The van der Waals surface area contributed by atoms with Crippen LogP contribution in [0.15, 0.2) is 65.2 Å². The highest BCUT2D eigenvalue weighted by molar-refractivity contribution is 6.00. The Balaban J connectivity index is 1.59. The summed E-state index contributed by atoms with van der Waals surface area (Å²) in [5.41, 5.74) is 2.05. The van der Waals surface area contributed by atoms with Gasteiger partial charge in [-0.25, -0.2) is 4.98 Å². The molecule has 1 aromatic heterocycles. The van der Waals surface area contributed by atoms with Crippen molar-refractivity contribution in [2.75, 3.05) is 5.32 Å². The zero-order chi connectivity index (χ0) is 17.6. The molecule has 3 aromatic rings. The summed E-state index contributed by atoms with van der Waals surface area (Å²) in [6.45, 7) is 1.83. The summed E-state index contributed by atoms with van der Waals surface area (Å²) >= 11 is 0. The molecule has 0 spiro atoms. The third-order valence-electron chi connectivity index (χ3n) is 3.69. The van der Waals surface area contributed by atoms with Crippen LogP contribution in [0.1, 0.15) is 29.0 Å². The van der Waals surface area contributed by atoms with Gasteiger partial charge in [-0.2, -0.15) is 0 Å². The number of Topliss-reactive ketones (excluding diaryl/α,β-unsaturated/α-hetero) is 1. The van der Waals surface area contributed by atoms with Crippen molar-refractivity contribution in [2.24, 2.45) is 0 Å². The Bertz CT molecular complexity index is 885. The van der Waals surface area contributed by atoms with Gasteiger partial charge in [-0.15, -0.1) is 0 Å². The summed E-state index contributed by atoms with van der Waals surface area (Å²) in [7, 11) is 0. The lowest BCUT2D eigenvalue weighted by atomic mass is 10.1. The molecule has 0 aliphatic carbocycles. The van der Waals surface area contributed by atoms with E-state index in [-0.39, 0.29) is 24.5 Å². The number of anilines is 1. The fourth-order valence-corrected chi connectivity index (χ4v) is 2.44. The van der Waals surface area contributed by atoms with Crippen LogP contribution >= 0.6 is 0 Å². The lowest BCUT2D eigenvalue weighted by Gasteiger charge is -2.06. The molecular weight excluding hydrogens is 316 g/mol. The highest BCUT2D eigenvalue weighted by Crippen LogP contribution is 2.22. The van der Waals surface area contributed by atoms with Gasteiger partial charge in [0.05, 0.1) is 6.20 Å². The van der Waals surface area contributed by atoms with Crippen LogP contribution in [0.4, 0.5) is 5.69 Å². The molecule has 0 bridgehead atoms. The Morgan fingerprint density at radius 2 is 1.84 bits per heavy atom. The van der Waals surface area contributed by atoms with Crippen LogP contribution in [0.25, 0.3) is 11.5 Å². The van der Waals surface area contributed by atoms with Gasteiger partial charge in [0, 0.05) is 29.7 Å². The van der Waals surface area contributed by atoms with Crippen molar-refractivity contribution < 1.29 is 14.0 Å². The van der Waals surface area contributed by atoms with E-state index in [1.807, 2.05) is 37.3 Å². The van der Waals surface area contributed by atoms with Crippen LogP contribution < -0.4 is 5.32 Å². The fourth-order valence-electron chi connectivity index (χ4n) is 2.44. The molecule has 1 N–H and O–H groups in total. The number of aryl methyl sites for hydroxylation is 1. The number of carbonyl (C=O) groups excluding carboxylic acids is 2. The van der Waals surface area contributed by atoms with E-state index in [2.05, 4.69) is 10.3 Å². The quantitative estimate of drug-likeness (QED) is 0.684. The molecular formula is C20H18N2O3. The summed E-state index contributed by atoms with van der Waals surface area (Å²) in [6.07, 6.45) is 1.96. The molecule has 2 aromatic carbocycles. The van der Waals surface area contributed by atoms with Crippen molar-refractivity contribution in [3.05, 3.63) is 72.1 Å². The first kappa shape index (κ1) is 16.6. The minimum absolute atomic E-state index is 0.0419. The lowest BCUT2D eigenvalue weighted by molar-refractivity contribution is -0.116. The summed E-state index contributed by atoms with van der Waals surface area (Å²) < 4.78 is 5.49. The molecule has 126 valence electrons. The van der Waals surface area contributed by atoms with Crippen LogP contribution in [0.3, 0.4) is 0 Å². The Labute approximate surface area is 145 Å². The van der Waals surface area contributed by atoms with E-state index in [0.717, 1.165) is 11.3 Å². The molecule has 5 nitrogen and oxygen atoms in total. The number of hydrogen-bond donors (Lipinski definition) is 1. The van der Waals surface area contributed by atoms with E-state index in [1.165, 1.54) is 0 Å². The number of aromatic nitrogens is 1. The Morgan fingerprint density at radius 1 is 1.04 bits per heavy atom. The third kappa shape index (κ3) is 4.41. The summed E-state index contributed by atoms with van der Waals surface area (Å²) in [4.78, 5) is 28.3. The highest BCUT2D eigenvalue weighted by Gasteiger charge is 2.10. The monoisotopic (exact) mass is 334 g/mol. The zero-order valence-electron chi connectivity index (χ0n) is 13.9. The number of ketones is 1. The van der Waals surface area contributed by atoms with Gasteiger partial charge in [0.1, 0.15) is 5.76 Å². The smallest absolute Gasteiger partial charge is 0.226 e. The molecule has 3 rings (SSSR count). The van der Waals surface area contributed by atoms with Crippen molar-refractivity contribution >= 4 is 17.4 Å². The van der Waals surface area contributed by atoms with Crippen LogP contribution in [0, 0.1) is 6.92 Å². The maximum atomic E-state index is 12.1. The number of benzene rings is 2. The SMILES string of the molecule is Cc1cnc(-c2cccc(NC(=O)CCC(=O)c3ccccc3)c2)o1. The van der Waals surface area contributed by atoms with E-state index in [1.54, 1.807) is 30.5 Å². The number of nitrogens with one attached hydrogen (secondary N) is 1. The molecule has 25 heavy (non-hydrogen) atoms. The van der Waals surface area contributed by atoms with Gasteiger partial charge in [-0.05, 0) is 25.1 Å². The average Bonchev–Trinajstić information content (AvgIpc) is 3.07. The number of hydrogen-bond acceptors (Lipinski definition) is 4. The third-order valence-corrected chi connectivity index (χ3v) is 3.69. The number of rotatable bonds is 6.